The summed E-state index contributed by atoms with van der Waals surface area (Å²) in [6.45, 7) is 3.69. The monoisotopic (exact) mass is 488 g/mol. The van der Waals surface area contributed by atoms with Crippen molar-refractivity contribution in [2.75, 3.05) is 18.0 Å². The Hall–Kier alpha value is -2.41. The number of likely N-dealkylation sites (tertiary alicyclic amines) is 1. The van der Waals surface area contributed by atoms with Crippen molar-refractivity contribution in [3.8, 4) is 11.1 Å². The van der Waals surface area contributed by atoms with Gasteiger partial charge in [0.15, 0.2) is 0 Å². The molecule has 182 valence electrons. The van der Waals surface area contributed by atoms with Gasteiger partial charge in [-0.2, -0.15) is 13.2 Å². The van der Waals surface area contributed by atoms with Crippen LogP contribution < -0.4 is 4.90 Å². The zero-order chi connectivity index (χ0) is 24.1. The van der Waals surface area contributed by atoms with Crippen LogP contribution in [0.3, 0.4) is 0 Å². The molecule has 1 unspecified atom stereocenters. The molecule has 0 aliphatic carbocycles. The molecule has 2 heterocycles. The topological polar surface area (TPSA) is 23.6 Å². The molecule has 1 atom stereocenters. The van der Waals surface area contributed by atoms with Crippen LogP contribution in [0.4, 0.5) is 18.9 Å². The second kappa shape index (κ2) is 10.9. The number of piperidine rings is 1. The summed E-state index contributed by atoms with van der Waals surface area (Å²) in [6, 6.07) is 13.2. The van der Waals surface area contributed by atoms with E-state index < -0.39 is 11.7 Å². The van der Waals surface area contributed by atoms with Crippen molar-refractivity contribution < 1.29 is 18.0 Å². The van der Waals surface area contributed by atoms with Gasteiger partial charge in [-0.1, -0.05) is 50.1 Å². The number of amides is 1. The Morgan fingerprint density at radius 2 is 1.82 bits per heavy atom. The lowest BCUT2D eigenvalue weighted by molar-refractivity contribution is -0.137. The van der Waals surface area contributed by atoms with Gasteiger partial charge >= 0.3 is 6.18 Å². The minimum atomic E-state index is -4.38. The molecule has 0 spiro atoms. The van der Waals surface area contributed by atoms with E-state index >= 15 is 0 Å². The molecule has 2 aromatic rings. The standard InChI is InChI=1S/C27H31F3N2OS/c1-2-3-4-12-25(33)31-15-13-20(14-16-31)26-32(17-18-34-26)24-11-6-5-10-23(24)21-8-7-9-22(19-21)27(28,29)30/h5-11,17-20,26H,2-4,12-16H2,1H3. The zero-order valence-electron chi connectivity index (χ0n) is 19.4. The van der Waals surface area contributed by atoms with Crippen molar-refractivity contribution in [1.29, 1.82) is 0 Å². The molecule has 34 heavy (non-hydrogen) atoms. The molecule has 0 saturated carbocycles. The van der Waals surface area contributed by atoms with Gasteiger partial charge in [-0.05, 0) is 54.4 Å². The van der Waals surface area contributed by atoms with Crippen LogP contribution in [-0.4, -0.2) is 29.3 Å². The lowest BCUT2D eigenvalue weighted by Crippen LogP contribution is -2.43. The van der Waals surface area contributed by atoms with E-state index in [4.69, 9.17) is 0 Å². The summed E-state index contributed by atoms with van der Waals surface area (Å²) >= 11 is 1.75. The molecule has 1 saturated heterocycles. The molecular formula is C27H31F3N2OS. The van der Waals surface area contributed by atoms with Gasteiger partial charge in [0.05, 0.1) is 10.9 Å². The predicted molar refractivity (Wildman–Crippen MR) is 133 cm³/mol. The molecule has 3 nitrogen and oxygen atoms in total. The van der Waals surface area contributed by atoms with Crippen LogP contribution in [0.1, 0.15) is 51.0 Å². The lowest BCUT2D eigenvalue weighted by atomic mass is 9.94. The van der Waals surface area contributed by atoms with E-state index in [1.165, 1.54) is 12.1 Å². The predicted octanol–water partition coefficient (Wildman–Crippen LogP) is 7.54. The summed E-state index contributed by atoms with van der Waals surface area (Å²) < 4.78 is 39.9. The number of para-hydroxylation sites is 1. The van der Waals surface area contributed by atoms with Gasteiger partial charge in [0.2, 0.25) is 5.91 Å². The minimum absolute atomic E-state index is 0.171. The summed E-state index contributed by atoms with van der Waals surface area (Å²) in [5.41, 5.74) is 1.61. The molecule has 0 N–H and O–H groups in total. The first-order valence-corrected chi connectivity index (χ1v) is 13.0. The summed E-state index contributed by atoms with van der Waals surface area (Å²) in [4.78, 5) is 16.7. The number of benzene rings is 2. The minimum Gasteiger partial charge on any atom is -0.343 e. The number of halogens is 3. The molecule has 0 bridgehead atoms. The Balaban J connectivity index is 1.49. The average molecular weight is 489 g/mol. The number of hydrogen-bond acceptors (Lipinski definition) is 3. The highest BCUT2D eigenvalue weighted by molar-refractivity contribution is 8.03. The van der Waals surface area contributed by atoms with Crippen molar-refractivity contribution in [1.82, 2.24) is 4.90 Å². The Kier molecular flexibility index (Phi) is 7.91. The number of rotatable bonds is 7. The molecule has 0 aromatic heterocycles. The fourth-order valence-electron chi connectivity index (χ4n) is 4.81. The van der Waals surface area contributed by atoms with E-state index in [0.29, 0.717) is 17.9 Å². The summed E-state index contributed by atoms with van der Waals surface area (Å²) in [7, 11) is 0. The van der Waals surface area contributed by atoms with Gasteiger partial charge in [-0.3, -0.25) is 4.79 Å². The average Bonchev–Trinajstić information content (AvgIpc) is 3.34. The largest absolute Gasteiger partial charge is 0.416 e. The van der Waals surface area contributed by atoms with Crippen molar-refractivity contribution in [3.05, 3.63) is 65.7 Å². The smallest absolute Gasteiger partial charge is 0.343 e. The van der Waals surface area contributed by atoms with Crippen LogP contribution >= 0.6 is 11.8 Å². The maximum Gasteiger partial charge on any atom is 0.416 e. The highest BCUT2D eigenvalue weighted by Gasteiger charge is 2.35. The van der Waals surface area contributed by atoms with Crippen molar-refractivity contribution >= 4 is 23.4 Å². The number of hydrogen-bond donors (Lipinski definition) is 0. The number of thioether (sulfide) groups is 1. The quantitative estimate of drug-likeness (QED) is 0.376. The molecule has 1 amide bonds. The Morgan fingerprint density at radius 1 is 1.06 bits per heavy atom. The van der Waals surface area contributed by atoms with Gasteiger partial charge in [0, 0.05) is 37.0 Å². The Bertz CT molecular complexity index is 1010. The second-order valence-electron chi connectivity index (χ2n) is 8.99. The van der Waals surface area contributed by atoms with Gasteiger partial charge in [0.1, 0.15) is 0 Å². The van der Waals surface area contributed by atoms with Gasteiger partial charge in [-0.15, -0.1) is 11.8 Å². The van der Waals surface area contributed by atoms with Crippen molar-refractivity contribution in [3.63, 3.8) is 0 Å². The number of carbonyl (C=O) groups is 1. The number of alkyl halides is 3. The van der Waals surface area contributed by atoms with E-state index in [1.807, 2.05) is 35.4 Å². The Labute approximate surface area is 204 Å². The highest BCUT2D eigenvalue weighted by Crippen LogP contribution is 2.43. The van der Waals surface area contributed by atoms with Gasteiger partial charge in [0.25, 0.3) is 0 Å². The Morgan fingerprint density at radius 3 is 2.56 bits per heavy atom. The van der Waals surface area contributed by atoms with Crippen LogP contribution in [0, 0.1) is 5.92 Å². The SMILES string of the molecule is CCCCCC(=O)N1CCC(C2SC=CN2c2ccccc2-c2cccc(C(F)(F)F)c2)CC1. The van der Waals surface area contributed by atoms with E-state index in [2.05, 4.69) is 17.2 Å². The van der Waals surface area contributed by atoms with Gasteiger partial charge < -0.3 is 9.80 Å². The number of carbonyl (C=O) groups excluding carboxylic acids is 1. The number of anilines is 1. The summed E-state index contributed by atoms with van der Waals surface area (Å²) in [5.74, 6) is 0.658. The third-order valence-electron chi connectivity index (χ3n) is 6.69. The fraction of sp³-hybridized carbons (Fsp3) is 0.444. The molecule has 2 aliphatic rings. The molecule has 4 rings (SSSR count). The second-order valence-corrected chi connectivity index (χ2v) is 10.0. The van der Waals surface area contributed by atoms with Crippen LogP contribution in [-0.2, 0) is 11.0 Å². The van der Waals surface area contributed by atoms with E-state index in [9.17, 15) is 18.0 Å². The molecule has 7 heteroatoms. The first kappa shape index (κ1) is 24.7. The maximum atomic E-state index is 13.3. The van der Waals surface area contributed by atoms with Crippen LogP contribution in [0.15, 0.2) is 60.1 Å². The van der Waals surface area contributed by atoms with E-state index in [-0.39, 0.29) is 11.3 Å². The first-order chi connectivity index (χ1) is 16.4. The summed E-state index contributed by atoms with van der Waals surface area (Å²) in [5, 5.41) is 2.24. The molecule has 1 fully saturated rings. The van der Waals surface area contributed by atoms with E-state index in [1.54, 1.807) is 17.8 Å². The van der Waals surface area contributed by atoms with E-state index in [0.717, 1.165) is 62.5 Å². The molecule has 2 aliphatic heterocycles. The fourth-order valence-corrected chi connectivity index (χ4v) is 5.98. The molecule has 2 aromatic carbocycles. The van der Waals surface area contributed by atoms with Crippen molar-refractivity contribution in [2.45, 2.75) is 57.0 Å². The van der Waals surface area contributed by atoms with Crippen LogP contribution in [0.5, 0.6) is 0 Å². The third kappa shape index (κ3) is 5.62. The summed E-state index contributed by atoms with van der Waals surface area (Å²) in [6.07, 6.45) is 3.31. The van der Waals surface area contributed by atoms with Crippen molar-refractivity contribution in [2.24, 2.45) is 5.92 Å². The maximum absolute atomic E-state index is 13.3. The number of nitrogens with zero attached hydrogens (tertiary/aromatic N) is 2. The zero-order valence-corrected chi connectivity index (χ0v) is 20.2. The lowest BCUT2D eigenvalue weighted by Gasteiger charge is -2.38. The van der Waals surface area contributed by atoms with Crippen LogP contribution in [0.25, 0.3) is 11.1 Å². The molecular weight excluding hydrogens is 457 g/mol. The first-order valence-electron chi connectivity index (χ1n) is 12.0. The third-order valence-corrected chi connectivity index (χ3v) is 7.86. The normalized spacial score (nSPS) is 19.1. The number of unbranched alkanes of at least 4 members (excludes halogenated alkanes) is 2. The van der Waals surface area contributed by atoms with Crippen LogP contribution in [0.2, 0.25) is 0 Å². The highest BCUT2D eigenvalue weighted by atomic mass is 32.2. The molecule has 0 radical (unpaired) electrons. The van der Waals surface area contributed by atoms with Gasteiger partial charge in [-0.25, -0.2) is 0 Å².